The molecule has 4 aromatic rings. The highest BCUT2D eigenvalue weighted by molar-refractivity contribution is 6.30. The van der Waals surface area contributed by atoms with Gasteiger partial charge in [0.2, 0.25) is 0 Å². The highest BCUT2D eigenvalue weighted by Crippen LogP contribution is 2.30. The molecular formula is C23H15ClF2O3. The summed E-state index contributed by atoms with van der Waals surface area (Å²) in [5, 5.41) is 1.23. The van der Waals surface area contributed by atoms with Crippen molar-refractivity contribution in [1.82, 2.24) is 0 Å². The zero-order valence-corrected chi connectivity index (χ0v) is 16.1. The molecule has 1 heterocycles. The van der Waals surface area contributed by atoms with Gasteiger partial charge in [-0.3, -0.25) is 0 Å². The van der Waals surface area contributed by atoms with Gasteiger partial charge in [0.1, 0.15) is 29.6 Å². The largest absolute Gasteiger partial charge is 0.489 e. The second kappa shape index (κ2) is 7.68. The quantitative estimate of drug-likeness (QED) is 0.370. The van der Waals surface area contributed by atoms with Crippen molar-refractivity contribution in [3.05, 3.63) is 98.9 Å². The van der Waals surface area contributed by atoms with Crippen LogP contribution in [0.25, 0.3) is 22.1 Å². The molecule has 6 heteroatoms. The van der Waals surface area contributed by atoms with E-state index in [1.807, 2.05) is 6.92 Å². The molecule has 3 aromatic carbocycles. The molecule has 4 rings (SSSR count). The molecule has 0 radical (unpaired) electrons. The summed E-state index contributed by atoms with van der Waals surface area (Å²) in [5.74, 6) is -0.935. The summed E-state index contributed by atoms with van der Waals surface area (Å²) < 4.78 is 38.7. The van der Waals surface area contributed by atoms with Crippen LogP contribution in [0.2, 0.25) is 5.02 Å². The van der Waals surface area contributed by atoms with Crippen LogP contribution in [0.15, 0.2) is 69.9 Å². The highest BCUT2D eigenvalue weighted by atomic mass is 35.5. The molecule has 3 nitrogen and oxygen atoms in total. The van der Waals surface area contributed by atoms with Gasteiger partial charge >= 0.3 is 5.63 Å². The van der Waals surface area contributed by atoms with Gasteiger partial charge in [-0.25, -0.2) is 13.6 Å². The number of halogens is 3. The first kappa shape index (κ1) is 19.2. The van der Waals surface area contributed by atoms with Crippen LogP contribution < -0.4 is 10.4 Å². The maximum atomic E-state index is 13.8. The molecule has 0 saturated heterocycles. The van der Waals surface area contributed by atoms with Crippen LogP contribution in [-0.2, 0) is 6.61 Å². The van der Waals surface area contributed by atoms with Crippen LogP contribution in [0.3, 0.4) is 0 Å². The van der Waals surface area contributed by atoms with Gasteiger partial charge < -0.3 is 9.15 Å². The first-order valence-corrected chi connectivity index (χ1v) is 9.21. The third-order valence-electron chi connectivity index (χ3n) is 4.71. The molecule has 0 unspecified atom stereocenters. The minimum atomic E-state index is -0.669. The normalized spacial score (nSPS) is 11.0. The van der Waals surface area contributed by atoms with E-state index in [0.29, 0.717) is 38.4 Å². The summed E-state index contributed by atoms with van der Waals surface area (Å²) in [7, 11) is 0. The lowest BCUT2D eigenvalue weighted by molar-refractivity contribution is 0.293. The predicted molar refractivity (Wildman–Crippen MR) is 108 cm³/mol. The molecule has 0 aliphatic rings. The van der Waals surface area contributed by atoms with Crippen molar-refractivity contribution in [2.75, 3.05) is 0 Å². The fourth-order valence-corrected chi connectivity index (χ4v) is 3.32. The molecule has 0 fully saturated rings. The summed E-state index contributed by atoms with van der Waals surface area (Å²) >= 11 is 5.93. The molecule has 0 bridgehead atoms. The van der Waals surface area contributed by atoms with Crippen LogP contribution in [0, 0.1) is 18.6 Å². The second-order valence-corrected chi connectivity index (χ2v) is 6.98. The zero-order chi connectivity index (χ0) is 20.5. The number of rotatable bonds is 4. The van der Waals surface area contributed by atoms with Crippen molar-refractivity contribution in [2.45, 2.75) is 13.5 Å². The number of hydrogen-bond donors (Lipinski definition) is 0. The lowest BCUT2D eigenvalue weighted by Gasteiger charge is -2.11. The minimum absolute atomic E-state index is 0.147. The minimum Gasteiger partial charge on any atom is -0.489 e. The van der Waals surface area contributed by atoms with Crippen LogP contribution >= 0.6 is 11.6 Å². The Hall–Kier alpha value is -3.18. The van der Waals surface area contributed by atoms with E-state index in [1.165, 1.54) is 18.2 Å². The maximum absolute atomic E-state index is 13.8. The third-order valence-corrected chi connectivity index (χ3v) is 4.97. The summed E-state index contributed by atoms with van der Waals surface area (Å²) in [6.07, 6.45) is 0. The Balaban J connectivity index is 1.73. The van der Waals surface area contributed by atoms with E-state index in [1.54, 1.807) is 42.5 Å². The Morgan fingerprint density at radius 2 is 1.69 bits per heavy atom. The Labute approximate surface area is 170 Å². The maximum Gasteiger partial charge on any atom is 0.344 e. The standard InChI is InChI=1S/C23H15ClF2O3/c1-13-17-11-16(28-12-18-19(25)3-2-4-20(18)26)9-10-21(17)29-23(27)22(13)14-5-7-15(24)8-6-14/h2-11H,12H2,1H3. The van der Waals surface area contributed by atoms with Crippen molar-refractivity contribution in [2.24, 2.45) is 0 Å². The molecule has 0 amide bonds. The lowest BCUT2D eigenvalue weighted by atomic mass is 9.99. The van der Waals surface area contributed by atoms with E-state index in [0.717, 1.165) is 0 Å². The molecule has 0 aliphatic carbocycles. The van der Waals surface area contributed by atoms with Gasteiger partial charge in [-0.05, 0) is 60.5 Å². The monoisotopic (exact) mass is 412 g/mol. The highest BCUT2D eigenvalue weighted by Gasteiger charge is 2.15. The van der Waals surface area contributed by atoms with Crippen molar-refractivity contribution in [3.8, 4) is 16.9 Å². The van der Waals surface area contributed by atoms with Crippen LogP contribution in [-0.4, -0.2) is 0 Å². The smallest absolute Gasteiger partial charge is 0.344 e. The summed E-state index contributed by atoms with van der Waals surface area (Å²) in [6, 6.07) is 15.4. The average molecular weight is 413 g/mol. The molecule has 0 spiro atoms. The van der Waals surface area contributed by atoms with Crippen LogP contribution in [0.5, 0.6) is 5.75 Å². The van der Waals surface area contributed by atoms with E-state index in [9.17, 15) is 13.6 Å². The van der Waals surface area contributed by atoms with Gasteiger partial charge in [0.15, 0.2) is 0 Å². The molecule has 1 aromatic heterocycles. The number of benzene rings is 3. The lowest BCUT2D eigenvalue weighted by Crippen LogP contribution is -2.06. The Morgan fingerprint density at radius 1 is 1.00 bits per heavy atom. The molecule has 0 saturated carbocycles. The predicted octanol–water partition coefficient (Wildman–Crippen LogP) is 6.28. The van der Waals surface area contributed by atoms with Crippen molar-refractivity contribution < 1.29 is 17.9 Å². The van der Waals surface area contributed by atoms with Gasteiger partial charge in [-0.15, -0.1) is 0 Å². The molecule has 146 valence electrons. The molecule has 0 atom stereocenters. The number of hydrogen-bond acceptors (Lipinski definition) is 3. The van der Waals surface area contributed by atoms with Gasteiger partial charge in [0, 0.05) is 10.4 Å². The van der Waals surface area contributed by atoms with Gasteiger partial charge in [0.25, 0.3) is 0 Å². The number of ether oxygens (including phenoxy) is 1. The Bertz CT molecular complexity index is 1240. The molecular weight excluding hydrogens is 398 g/mol. The molecule has 29 heavy (non-hydrogen) atoms. The second-order valence-electron chi connectivity index (χ2n) is 6.54. The Kier molecular flexibility index (Phi) is 5.07. The van der Waals surface area contributed by atoms with Gasteiger partial charge in [0.05, 0.1) is 11.1 Å². The first-order valence-electron chi connectivity index (χ1n) is 8.83. The van der Waals surface area contributed by atoms with E-state index in [-0.39, 0.29) is 12.2 Å². The molecule has 0 aliphatic heterocycles. The molecule has 0 N–H and O–H groups in total. The van der Waals surface area contributed by atoms with Crippen LogP contribution in [0.1, 0.15) is 11.1 Å². The fourth-order valence-electron chi connectivity index (χ4n) is 3.20. The SMILES string of the molecule is Cc1c(-c2ccc(Cl)cc2)c(=O)oc2ccc(OCc3c(F)cccc3F)cc12. The van der Waals surface area contributed by atoms with Crippen molar-refractivity contribution in [1.29, 1.82) is 0 Å². The van der Waals surface area contributed by atoms with Crippen LogP contribution in [0.4, 0.5) is 8.78 Å². The topological polar surface area (TPSA) is 39.4 Å². The number of fused-ring (bicyclic) bond motifs is 1. The third kappa shape index (κ3) is 3.74. The van der Waals surface area contributed by atoms with Crippen molar-refractivity contribution in [3.63, 3.8) is 0 Å². The van der Waals surface area contributed by atoms with E-state index >= 15 is 0 Å². The summed E-state index contributed by atoms with van der Waals surface area (Å²) in [6.45, 7) is 1.55. The Morgan fingerprint density at radius 3 is 2.38 bits per heavy atom. The number of aryl methyl sites for hydroxylation is 1. The summed E-state index contributed by atoms with van der Waals surface area (Å²) in [4.78, 5) is 12.5. The fraction of sp³-hybridized carbons (Fsp3) is 0.0870. The average Bonchev–Trinajstić information content (AvgIpc) is 2.69. The van der Waals surface area contributed by atoms with E-state index in [4.69, 9.17) is 20.8 Å². The van der Waals surface area contributed by atoms with E-state index < -0.39 is 17.3 Å². The van der Waals surface area contributed by atoms with Gasteiger partial charge in [-0.1, -0.05) is 29.8 Å². The zero-order valence-electron chi connectivity index (χ0n) is 15.3. The summed E-state index contributed by atoms with van der Waals surface area (Å²) in [5.41, 5.74) is 1.61. The van der Waals surface area contributed by atoms with Crippen molar-refractivity contribution >= 4 is 22.6 Å². The van der Waals surface area contributed by atoms with Gasteiger partial charge in [-0.2, -0.15) is 0 Å². The first-order chi connectivity index (χ1) is 13.9. The van der Waals surface area contributed by atoms with E-state index in [2.05, 4.69) is 0 Å².